The van der Waals surface area contributed by atoms with Crippen LogP contribution in [0.1, 0.15) is 19.4 Å². The van der Waals surface area contributed by atoms with E-state index in [2.05, 4.69) is 4.72 Å². The van der Waals surface area contributed by atoms with Crippen LogP contribution in [0.25, 0.3) is 0 Å². The Kier molecular flexibility index (Phi) is 5.02. The summed E-state index contributed by atoms with van der Waals surface area (Å²) in [4.78, 5) is 20.9. The molecule has 0 radical (unpaired) electrons. The average molecular weight is 316 g/mol. The van der Waals surface area contributed by atoms with Gasteiger partial charge in [-0.05, 0) is 18.9 Å². The van der Waals surface area contributed by atoms with E-state index in [1.807, 2.05) is 0 Å². The molecule has 0 aliphatic carbocycles. The quantitative estimate of drug-likeness (QED) is 0.601. The molecule has 0 fully saturated rings. The first kappa shape index (κ1) is 17.1. The summed E-state index contributed by atoms with van der Waals surface area (Å²) in [7, 11) is -4.17. The average Bonchev–Trinajstić information content (AvgIpc) is 2.35. The van der Waals surface area contributed by atoms with Gasteiger partial charge in [-0.3, -0.25) is 14.9 Å². The minimum absolute atomic E-state index is 0.0390. The van der Waals surface area contributed by atoms with E-state index in [4.69, 9.17) is 5.11 Å². The van der Waals surface area contributed by atoms with Crippen molar-refractivity contribution in [3.8, 4) is 0 Å². The Bertz CT molecular complexity index is 668. The highest BCUT2D eigenvalue weighted by Gasteiger charge is 2.30. The van der Waals surface area contributed by atoms with Crippen LogP contribution >= 0.6 is 0 Å². The molecule has 0 aromatic heterocycles. The molecule has 0 saturated carbocycles. The molecule has 0 saturated heterocycles. The lowest BCUT2D eigenvalue weighted by molar-refractivity contribution is -0.385. The van der Waals surface area contributed by atoms with Crippen LogP contribution in [0.2, 0.25) is 0 Å². The molecule has 9 heteroatoms. The number of rotatable bonds is 6. The molecule has 1 atom stereocenters. The van der Waals surface area contributed by atoms with Gasteiger partial charge >= 0.3 is 5.97 Å². The lowest BCUT2D eigenvalue weighted by Crippen LogP contribution is -2.44. The molecular formula is C12H16N2O6S. The monoisotopic (exact) mass is 316 g/mol. The van der Waals surface area contributed by atoms with Crippen LogP contribution in [-0.2, 0) is 14.8 Å². The topological polar surface area (TPSA) is 127 Å². The third kappa shape index (κ3) is 3.76. The molecule has 0 heterocycles. The van der Waals surface area contributed by atoms with E-state index in [1.165, 1.54) is 25.1 Å². The molecular weight excluding hydrogens is 300 g/mol. The van der Waals surface area contributed by atoms with Gasteiger partial charge in [-0.15, -0.1) is 0 Å². The Morgan fingerprint density at radius 3 is 2.38 bits per heavy atom. The van der Waals surface area contributed by atoms with Crippen molar-refractivity contribution in [3.05, 3.63) is 33.9 Å². The molecule has 1 aromatic rings. The number of carbonyl (C=O) groups is 1. The van der Waals surface area contributed by atoms with Crippen molar-refractivity contribution in [2.24, 2.45) is 5.92 Å². The summed E-state index contributed by atoms with van der Waals surface area (Å²) in [5, 5.41) is 19.9. The molecule has 2 N–H and O–H groups in total. The molecule has 1 aromatic carbocycles. The predicted octanol–water partition coefficient (Wildman–Crippen LogP) is 1.29. The van der Waals surface area contributed by atoms with Crippen molar-refractivity contribution >= 4 is 21.7 Å². The number of hydrogen-bond donors (Lipinski definition) is 2. The number of nitro groups is 1. The Morgan fingerprint density at radius 2 is 1.95 bits per heavy atom. The second-order valence-electron chi connectivity index (χ2n) is 4.84. The zero-order valence-electron chi connectivity index (χ0n) is 11.7. The third-order valence-electron chi connectivity index (χ3n) is 2.96. The van der Waals surface area contributed by atoms with Gasteiger partial charge in [0.1, 0.15) is 6.04 Å². The standard InChI is InChI=1S/C12H16N2O6S/c1-7(2)11(12(15)16)13-21(19,20)10-6-4-5-9(8(10)3)14(17)18/h4-7,11,13H,1-3H3,(H,15,16)/t11-/m1/s1. The van der Waals surface area contributed by atoms with Crippen molar-refractivity contribution in [1.29, 1.82) is 0 Å². The molecule has 0 amide bonds. The Hall–Kier alpha value is -2.00. The molecule has 0 bridgehead atoms. The fourth-order valence-corrected chi connectivity index (χ4v) is 3.39. The Balaban J connectivity index is 3.29. The van der Waals surface area contributed by atoms with E-state index >= 15 is 0 Å². The Labute approximate surface area is 122 Å². The highest BCUT2D eigenvalue weighted by Crippen LogP contribution is 2.25. The summed E-state index contributed by atoms with van der Waals surface area (Å²) in [6.45, 7) is 4.42. The number of aliphatic carboxylic acids is 1. The molecule has 8 nitrogen and oxygen atoms in total. The number of carboxylic acid groups (broad SMARTS) is 1. The maximum Gasteiger partial charge on any atom is 0.322 e. The summed E-state index contributed by atoms with van der Waals surface area (Å²) < 4.78 is 26.6. The molecule has 1 rings (SSSR count). The van der Waals surface area contributed by atoms with E-state index in [0.29, 0.717) is 0 Å². The van der Waals surface area contributed by atoms with E-state index < -0.39 is 32.9 Å². The maximum absolute atomic E-state index is 12.3. The van der Waals surface area contributed by atoms with Crippen molar-refractivity contribution in [3.63, 3.8) is 0 Å². The van der Waals surface area contributed by atoms with Gasteiger partial charge in [0.15, 0.2) is 0 Å². The fourth-order valence-electron chi connectivity index (χ4n) is 1.79. The highest BCUT2D eigenvalue weighted by molar-refractivity contribution is 7.89. The zero-order chi connectivity index (χ0) is 16.4. The van der Waals surface area contributed by atoms with E-state index in [0.717, 1.165) is 0 Å². The predicted molar refractivity (Wildman–Crippen MR) is 74.4 cm³/mol. The lowest BCUT2D eigenvalue weighted by atomic mass is 10.1. The van der Waals surface area contributed by atoms with Crippen LogP contribution in [0.3, 0.4) is 0 Å². The fraction of sp³-hybridized carbons (Fsp3) is 0.417. The molecule has 116 valence electrons. The molecule has 21 heavy (non-hydrogen) atoms. The third-order valence-corrected chi connectivity index (χ3v) is 4.54. The molecule has 0 unspecified atom stereocenters. The van der Waals surface area contributed by atoms with Gasteiger partial charge in [-0.25, -0.2) is 8.42 Å². The summed E-state index contributed by atoms with van der Waals surface area (Å²) in [5.41, 5.74) is -0.378. The largest absolute Gasteiger partial charge is 0.480 e. The second kappa shape index (κ2) is 6.19. The van der Waals surface area contributed by atoms with E-state index in [9.17, 15) is 23.3 Å². The van der Waals surface area contributed by atoms with Crippen molar-refractivity contribution in [1.82, 2.24) is 4.72 Å². The first-order valence-corrected chi connectivity index (χ1v) is 7.55. The van der Waals surface area contributed by atoms with E-state index in [1.54, 1.807) is 13.8 Å². The van der Waals surface area contributed by atoms with Gasteiger partial charge < -0.3 is 5.11 Å². The summed E-state index contributed by atoms with van der Waals surface area (Å²) in [6.07, 6.45) is 0. The van der Waals surface area contributed by atoms with E-state index in [-0.39, 0.29) is 16.1 Å². The van der Waals surface area contributed by atoms with Gasteiger partial charge in [0.2, 0.25) is 10.0 Å². The minimum atomic E-state index is -4.17. The maximum atomic E-state index is 12.3. The normalized spacial score (nSPS) is 13.1. The number of sulfonamides is 1. The summed E-state index contributed by atoms with van der Waals surface area (Å²) in [5.74, 6) is -1.78. The van der Waals surface area contributed by atoms with Gasteiger partial charge in [0.25, 0.3) is 5.69 Å². The molecule has 0 aliphatic heterocycles. The molecule has 0 aliphatic rings. The van der Waals surface area contributed by atoms with Gasteiger partial charge in [0, 0.05) is 11.6 Å². The Morgan fingerprint density at radius 1 is 1.38 bits per heavy atom. The van der Waals surface area contributed by atoms with Gasteiger partial charge in [0.05, 0.1) is 9.82 Å². The van der Waals surface area contributed by atoms with Crippen LogP contribution in [0.5, 0.6) is 0 Å². The van der Waals surface area contributed by atoms with Crippen molar-refractivity contribution in [2.45, 2.75) is 31.7 Å². The first-order valence-electron chi connectivity index (χ1n) is 6.07. The molecule has 0 spiro atoms. The lowest BCUT2D eigenvalue weighted by Gasteiger charge is -2.18. The van der Waals surface area contributed by atoms with Crippen LogP contribution in [0, 0.1) is 23.0 Å². The number of nitrogens with one attached hydrogen (secondary N) is 1. The first-order chi connectivity index (χ1) is 9.58. The number of benzene rings is 1. The SMILES string of the molecule is Cc1c([N+](=O)[O-])cccc1S(=O)(=O)N[C@@H](C(=O)O)C(C)C. The zero-order valence-corrected chi connectivity index (χ0v) is 12.5. The number of nitro benzene ring substituents is 1. The number of carboxylic acids is 1. The van der Waals surface area contributed by atoms with Crippen LogP contribution < -0.4 is 4.72 Å². The van der Waals surface area contributed by atoms with Crippen LogP contribution in [0.15, 0.2) is 23.1 Å². The van der Waals surface area contributed by atoms with Crippen LogP contribution in [0.4, 0.5) is 5.69 Å². The van der Waals surface area contributed by atoms with Crippen LogP contribution in [-0.4, -0.2) is 30.5 Å². The summed E-state index contributed by atoms with van der Waals surface area (Å²) in [6, 6.07) is 2.31. The van der Waals surface area contributed by atoms with Crippen molar-refractivity contribution in [2.75, 3.05) is 0 Å². The highest BCUT2D eigenvalue weighted by atomic mass is 32.2. The van der Waals surface area contributed by atoms with Crippen molar-refractivity contribution < 1.29 is 23.2 Å². The number of nitrogens with zero attached hydrogens (tertiary/aromatic N) is 1. The van der Waals surface area contributed by atoms with Gasteiger partial charge in [-0.2, -0.15) is 4.72 Å². The number of hydrogen-bond acceptors (Lipinski definition) is 5. The second-order valence-corrected chi connectivity index (χ2v) is 6.52. The minimum Gasteiger partial charge on any atom is -0.480 e. The summed E-state index contributed by atoms with van der Waals surface area (Å²) >= 11 is 0. The van der Waals surface area contributed by atoms with Gasteiger partial charge in [-0.1, -0.05) is 19.9 Å². The smallest absolute Gasteiger partial charge is 0.322 e.